The summed E-state index contributed by atoms with van der Waals surface area (Å²) in [5, 5.41) is 0. The van der Waals surface area contributed by atoms with Crippen molar-refractivity contribution in [3.8, 4) is 0 Å². The summed E-state index contributed by atoms with van der Waals surface area (Å²) < 4.78 is 29.0. The fourth-order valence-corrected chi connectivity index (χ4v) is 2.96. The molecule has 2 heterocycles. The molecule has 1 aliphatic rings. The Hall–Kier alpha value is -2.52. The van der Waals surface area contributed by atoms with E-state index >= 15 is 0 Å². The molecule has 1 aliphatic heterocycles. The van der Waals surface area contributed by atoms with Crippen LogP contribution in [0.25, 0.3) is 0 Å². The third kappa shape index (κ3) is 5.73. The molecule has 1 fully saturated rings. The number of nitrogens with zero attached hydrogens (tertiary/aromatic N) is 1. The lowest BCUT2D eigenvalue weighted by Gasteiger charge is -2.43. The molecule has 1 aromatic rings. The Kier molecular flexibility index (Phi) is 7.26. The van der Waals surface area contributed by atoms with Crippen molar-refractivity contribution in [2.75, 3.05) is 7.11 Å². The highest BCUT2D eigenvalue weighted by atomic mass is 16.7. The van der Waals surface area contributed by atoms with Crippen LogP contribution in [0.3, 0.4) is 0 Å². The maximum atomic E-state index is 11.7. The van der Waals surface area contributed by atoms with Crippen molar-refractivity contribution >= 4 is 17.9 Å². The summed E-state index contributed by atoms with van der Waals surface area (Å²) in [6.45, 7) is 3.96. The van der Waals surface area contributed by atoms with Crippen LogP contribution in [0.4, 0.5) is 0 Å². The van der Waals surface area contributed by atoms with E-state index in [1.165, 1.54) is 27.9 Å². The van der Waals surface area contributed by atoms with E-state index in [9.17, 15) is 14.4 Å². The standard InChI is InChI=1S/C18H24NO8/c1-11(20)24-15-14(10-19-8-6-5-7-9-19)27-18(23-4)17(26-13(3)22)16(15)25-12(2)21/h5-9,14-18H,10H2,1-4H3/q+1/t14-,15-,16+,17-,18+/m1/s1. The Bertz CT molecular complexity index is 665. The van der Waals surface area contributed by atoms with Gasteiger partial charge in [0.25, 0.3) is 0 Å². The predicted molar refractivity (Wildman–Crippen MR) is 89.0 cm³/mol. The van der Waals surface area contributed by atoms with Crippen LogP contribution in [0.1, 0.15) is 20.8 Å². The van der Waals surface area contributed by atoms with Crippen molar-refractivity contribution < 1.29 is 42.6 Å². The third-order valence-electron chi connectivity index (χ3n) is 3.90. The molecule has 148 valence electrons. The zero-order chi connectivity index (χ0) is 20.0. The molecule has 0 bridgehead atoms. The summed E-state index contributed by atoms with van der Waals surface area (Å²) >= 11 is 0. The zero-order valence-electron chi connectivity index (χ0n) is 15.7. The van der Waals surface area contributed by atoms with Gasteiger partial charge in [0, 0.05) is 40.0 Å². The molecule has 0 saturated carbocycles. The number of methoxy groups -OCH3 is 1. The minimum atomic E-state index is -1.09. The Morgan fingerprint density at radius 1 is 0.852 bits per heavy atom. The molecular formula is C18H24NO8+. The summed E-state index contributed by atoms with van der Waals surface area (Å²) in [5.74, 6) is -1.81. The predicted octanol–water partition coefficient (Wildman–Crippen LogP) is 0.140. The third-order valence-corrected chi connectivity index (χ3v) is 3.90. The number of pyridine rings is 1. The quantitative estimate of drug-likeness (QED) is 0.389. The minimum absolute atomic E-state index is 0.295. The Morgan fingerprint density at radius 3 is 1.89 bits per heavy atom. The lowest BCUT2D eigenvalue weighted by Crippen LogP contribution is -2.64. The SMILES string of the molecule is CO[C@H]1O[C@H](C[n+]2ccccc2)[C@@H](OC(C)=O)[C@H](OC(C)=O)[C@H]1OC(C)=O. The molecular weight excluding hydrogens is 358 g/mol. The first-order valence-corrected chi connectivity index (χ1v) is 8.45. The van der Waals surface area contributed by atoms with Crippen LogP contribution >= 0.6 is 0 Å². The highest BCUT2D eigenvalue weighted by Gasteiger charge is 2.53. The topological polar surface area (TPSA) is 101 Å². The van der Waals surface area contributed by atoms with Gasteiger partial charge in [0.05, 0.1) is 0 Å². The van der Waals surface area contributed by atoms with Crippen LogP contribution < -0.4 is 4.57 Å². The van der Waals surface area contributed by atoms with Gasteiger partial charge in [-0.3, -0.25) is 14.4 Å². The number of hydrogen-bond donors (Lipinski definition) is 0. The fraction of sp³-hybridized carbons (Fsp3) is 0.556. The molecule has 0 aliphatic carbocycles. The smallest absolute Gasteiger partial charge is 0.303 e. The maximum Gasteiger partial charge on any atom is 0.303 e. The molecule has 5 atom stereocenters. The molecule has 2 rings (SSSR count). The maximum absolute atomic E-state index is 11.7. The number of rotatable bonds is 6. The highest BCUT2D eigenvalue weighted by molar-refractivity contribution is 5.68. The van der Waals surface area contributed by atoms with E-state index in [4.69, 9.17) is 23.7 Å². The van der Waals surface area contributed by atoms with Crippen LogP contribution in [-0.4, -0.2) is 55.7 Å². The van der Waals surface area contributed by atoms with Crippen molar-refractivity contribution in [3.63, 3.8) is 0 Å². The molecule has 0 spiro atoms. The van der Waals surface area contributed by atoms with Crippen LogP contribution in [0, 0.1) is 0 Å². The summed E-state index contributed by atoms with van der Waals surface area (Å²) in [5.41, 5.74) is 0. The first-order valence-electron chi connectivity index (χ1n) is 8.45. The fourth-order valence-electron chi connectivity index (χ4n) is 2.96. The average Bonchev–Trinajstić information content (AvgIpc) is 2.59. The first kappa shape index (κ1) is 20.8. The molecule has 0 N–H and O–H groups in total. The highest BCUT2D eigenvalue weighted by Crippen LogP contribution is 2.29. The molecule has 0 unspecified atom stereocenters. The van der Waals surface area contributed by atoms with Crippen LogP contribution in [0.5, 0.6) is 0 Å². The number of aromatic nitrogens is 1. The van der Waals surface area contributed by atoms with Gasteiger partial charge in [-0.1, -0.05) is 6.07 Å². The van der Waals surface area contributed by atoms with Crippen LogP contribution in [0.2, 0.25) is 0 Å². The van der Waals surface area contributed by atoms with E-state index in [0.29, 0.717) is 6.54 Å². The largest absolute Gasteiger partial charge is 0.455 e. The minimum Gasteiger partial charge on any atom is -0.455 e. The normalized spacial score (nSPS) is 27.5. The average molecular weight is 382 g/mol. The van der Waals surface area contributed by atoms with Gasteiger partial charge in [-0.25, -0.2) is 4.57 Å². The van der Waals surface area contributed by atoms with E-state index in [2.05, 4.69) is 0 Å². The van der Waals surface area contributed by atoms with Gasteiger partial charge in [0.1, 0.15) is 0 Å². The molecule has 1 saturated heterocycles. The van der Waals surface area contributed by atoms with Crippen molar-refractivity contribution in [2.45, 2.75) is 58.0 Å². The molecule has 0 amide bonds. The summed E-state index contributed by atoms with van der Waals surface area (Å²) in [6.07, 6.45) is -1.23. The first-order chi connectivity index (χ1) is 12.8. The van der Waals surface area contributed by atoms with E-state index in [-0.39, 0.29) is 0 Å². The summed E-state index contributed by atoms with van der Waals surface area (Å²) in [4.78, 5) is 34.8. The zero-order valence-corrected chi connectivity index (χ0v) is 15.7. The van der Waals surface area contributed by atoms with Gasteiger partial charge < -0.3 is 23.7 Å². The molecule has 0 radical (unpaired) electrons. The molecule has 27 heavy (non-hydrogen) atoms. The second kappa shape index (κ2) is 9.43. The van der Waals surface area contributed by atoms with Gasteiger partial charge in [0.15, 0.2) is 49.6 Å². The van der Waals surface area contributed by atoms with Crippen LogP contribution in [0.15, 0.2) is 30.6 Å². The molecule has 9 heteroatoms. The number of carbonyl (C=O) groups excluding carboxylic acids is 3. The van der Waals surface area contributed by atoms with E-state index in [1.807, 2.05) is 35.2 Å². The number of hydrogen-bond acceptors (Lipinski definition) is 8. The van der Waals surface area contributed by atoms with Crippen molar-refractivity contribution in [1.29, 1.82) is 0 Å². The van der Waals surface area contributed by atoms with Crippen molar-refractivity contribution in [3.05, 3.63) is 30.6 Å². The summed E-state index contributed by atoms with van der Waals surface area (Å²) in [7, 11) is 1.38. The van der Waals surface area contributed by atoms with Gasteiger partial charge in [-0.2, -0.15) is 0 Å². The van der Waals surface area contributed by atoms with E-state index in [1.54, 1.807) is 0 Å². The number of carbonyl (C=O) groups is 3. The second-order valence-electron chi connectivity index (χ2n) is 6.07. The Morgan fingerprint density at radius 2 is 1.37 bits per heavy atom. The van der Waals surface area contributed by atoms with Gasteiger partial charge in [-0.05, 0) is 0 Å². The molecule has 0 aromatic carbocycles. The van der Waals surface area contributed by atoms with Crippen molar-refractivity contribution in [2.24, 2.45) is 0 Å². The van der Waals surface area contributed by atoms with Gasteiger partial charge in [-0.15, -0.1) is 0 Å². The number of esters is 3. The monoisotopic (exact) mass is 382 g/mol. The van der Waals surface area contributed by atoms with Gasteiger partial charge >= 0.3 is 17.9 Å². The second-order valence-corrected chi connectivity index (χ2v) is 6.07. The van der Waals surface area contributed by atoms with E-state index < -0.39 is 48.6 Å². The summed E-state index contributed by atoms with van der Waals surface area (Å²) in [6, 6.07) is 5.53. The van der Waals surface area contributed by atoms with Crippen molar-refractivity contribution in [1.82, 2.24) is 0 Å². The lowest BCUT2D eigenvalue weighted by molar-refractivity contribution is -0.707. The molecule has 9 nitrogen and oxygen atoms in total. The lowest BCUT2D eigenvalue weighted by atomic mass is 9.97. The van der Waals surface area contributed by atoms with Gasteiger partial charge in [0.2, 0.25) is 0 Å². The Labute approximate surface area is 157 Å². The molecule has 1 aromatic heterocycles. The Balaban J connectivity index is 2.38. The van der Waals surface area contributed by atoms with E-state index in [0.717, 1.165) is 0 Å². The van der Waals surface area contributed by atoms with Crippen LogP contribution in [-0.2, 0) is 44.6 Å². The number of ether oxygens (including phenoxy) is 5.